The third-order valence-electron chi connectivity index (χ3n) is 3.66. The van der Waals surface area contributed by atoms with Gasteiger partial charge in [0.1, 0.15) is 17.0 Å². The minimum absolute atomic E-state index is 0.129. The number of nitrogens with one attached hydrogen (secondary N) is 1. The van der Waals surface area contributed by atoms with E-state index in [0.717, 1.165) is 0 Å². The maximum atomic E-state index is 13.8. The number of aryl methyl sites for hydroxylation is 1. The number of aromatic nitrogens is 3. The number of amides is 1. The van der Waals surface area contributed by atoms with Crippen LogP contribution in [0.4, 0.5) is 23.7 Å². The zero-order valence-electron chi connectivity index (χ0n) is 16.8. The van der Waals surface area contributed by atoms with Crippen LogP contribution in [-0.4, -0.2) is 37.5 Å². The molecule has 0 aliphatic heterocycles. The molecule has 0 aliphatic rings. The van der Waals surface area contributed by atoms with Gasteiger partial charge in [-0.3, -0.25) is 10.00 Å². The first kappa shape index (κ1) is 22.9. The van der Waals surface area contributed by atoms with Crippen LogP contribution < -0.4 is 5.32 Å². The van der Waals surface area contributed by atoms with E-state index >= 15 is 0 Å². The van der Waals surface area contributed by atoms with Crippen molar-refractivity contribution < 1.29 is 32.6 Å². The third-order valence-corrected chi connectivity index (χ3v) is 3.66. The summed E-state index contributed by atoms with van der Waals surface area (Å²) in [6.07, 6.45) is -2.84. The van der Waals surface area contributed by atoms with Gasteiger partial charge in [-0.25, -0.2) is 14.6 Å². The molecule has 2 rings (SSSR count). The molecule has 1 amide bonds. The first-order valence-electron chi connectivity index (χ1n) is 8.72. The van der Waals surface area contributed by atoms with E-state index < -0.39 is 46.5 Å². The molecule has 0 saturated carbocycles. The highest BCUT2D eigenvalue weighted by atomic mass is 19.4. The van der Waals surface area contributed by atoms with E-state index in [4.69, 9.17) is 4.74 Å². The van der Waals surface area contributed by atoms with Gasteiger partial charge in [0.25, 0.3) is 0 Å². The van der Waals surface area contributed by atoms with Gasteiger partial charge in [0.15, 0.2) is 5.69 Å². The number of carbonyl (C=O) groups excluding carboxylic acids is 1. The van der Waals surface area contributed by atoms with Crippen LogP contribution in [-0.2, 0) is 24.4 Å². The molecule has 162 valence electrons. The fourth-order valence-electron chi connectivity index (χ4n) is 2.62. The summed E-state index contributed by atoms with van der Waals surface area (Å²) in [5.74, 6) is -1.63. The van der Waals surface area contributed by atoms with Crippen LogP contribution in [0.15, 0.2) is 24.9 Å². The number of carboxylic acid groups (broad SMARTS) is 1. The monoisotopic (exact) mass is 426 g/mol. The molecule has 0 bridgehead atoms. The molecule has 8 nitrogen and oxygen atoms in total. The lowest BCUT2D eigenvalue weighted by molar-refractivity contribution is -0.137. The third kappa shape index (κ3) is 5.37. The molecule has 0 spiro atoms. The summed E-state index contributed by atoms with van der Waals surface area (Å²) in [5, 5.41) is 15.5. The Labute approximate surface area is 170 Å². The van der Waals surface area contributed by atoms with Crippen molar-refractivity contribution in [3.05, 3.63) is 41.7 Å². The second-order valence-electron chi connectivity index (χ2n) is 7.38. The maximum Gasteiger partial charge on any atom is 0.418 e. The Morgan fingerprint density at radius 1 is 1.30 bits per heavy atom. The number of nitrogens with zero attached hydrogens (tertiary/aromatic N) is 3. The van der Waals surface area contributed by atoms with Gasteiger partial charge in [-0.05, 0) is 33.3 Å². The number of halogens is 3. The number of ether oxygens (including phenoxy) is 1. The first-order valence-corrected chi connectivity index (χ1v) is 8.72. The molecule has 2 heterocycles. The lowest BCUT2D eigenvalue weighted by Gasteiger charge is -2.21. The van der Waals surface area contributed by atoms with Gasteiger partial charge in [0.2, 0.25) is 0 Å². The summed E-state index contributed by atoms with van der Waals surface area (Å²) in [7, 11) is 1.51. The van der Waals surface area contributed by atoms with Gasteiger partial charge in [-0.1, -0.05) is 6.08 Å². The number of aromatic carboxylic acids is 1. The minimum atomic E-state index is -4.90. The highest BCUT2D eigenvalue weighted by Crippen LogP contribution is 2.39. The van der Waals surface area contributed by atoms with Crippen molar-refractivity contribution in [3.63, 3.8) is 0 Å². The van der Waals surface area contributed by atoms with Crippen molar-refractivity contribution in [1.29, 1.82) is 0 Å². The quantitative estimate of drug-likeness (QED) is 0.692. The Balaban J connectivity index is 2.70. The van der Waals surface area contributed by atoms with E-state index in [0.29, 0.717) is 11.6 Å². The van der Waals surface area contributed by atoms with Crippen LogP contribution in [0.25, 0.3) is 11.4 Å². The first-order chi connectivity index (χ1) is 13.7. The smallest absolute Gasteiger partial charge is 0.418 e. The van der Waals surface area contributed by atoms with Gasteiger partial charge in [0.05, 0.1) is 11.3 Å². The molecule has 0 radical (unpaired) electrons. The van der Waals surface area contributed by atoms with Crippen molar-refractivity contribution in [2.24, 2.45) is 7.05 Å². The highest BCUT2D eigenvalue weighted by molar-refractivity contribution is 5.98. The van der Waals surface area contributed by atoms with E-state index in [1.54, 1.807) is 20.8 Å². The molecule has 0 unspecified atom stereocenters. The van der Waals surface area contributed by atoms with E-state index in [9.17, 15) is 27.9 Å². The van der Waals surface area contributed by atoms with Gasteiger partial charge in [-0.2, -0.15) is 18.3 Å². The topological polar surface area (TPSA) is 106 Å². The van der Waals surface area contributed by atoms with E-state index in [1.165, 1.54) is 24.0 Å². The fourth-order valence-corrected chi connectivity index (χ4v) is 2.62. The number of hydrogen-bond acceptors (Lipinski definition) is 5. The van der Waals surface area contributed by atoms with Crippen molar-refractivity contribution in [3.8, 4) is 11.4 Å². The molecule has 0 aromatic carbocycles. The molecule has 2 aromatic heterocycles. The van der Waals surface area contributed by atoms with Gasteiger partial charge < -0.3 is 9.84 Å². The summed E-state index contributed by atoms with van der Waals surface area (Å²) >= 11 is 0. The second-order valence-corrected chi connectivity index (χ2v) is 7.38. The Bertz CT molecular complexity index is 991. The molecule has 0 aliphatic carbocycles. The van der Waals surface area contributed by atoms with Crippen LogP contribution in [0.3, 0.4) is 0 Å². The SMILES string of the molecule is C=CCc1cn(C)nc1-c1nc(C(=O)O)c(NC(=O)OC(C)(C)C)cc1C(F)(F)F. The van der Waals surface area contributed by atoms with Crippen LogP contribution >= 0.6 is 0 Å². The zero-order chi connectivity index (χ0) is 22.9. The number of pyridine rings is 1. The Morgan fingerprint density at radius 2 is 1.93 bits per heavy atom. The Kier molecular flexibility index (Phi) is 6.24. The van der Waals surface area contributed by atoms with Crippen molar-refractivity contribution >= 4 is 17.7 Å². The number of carbonyl (C=O) groups is 2. The van der Waals surface area contributed by atoms with Crippen LogP contribution in [0.2, 0.25) is 0 Å². The predicted molar refractivity (Wildman–Crippen MR) is 102 cm³/mol. The average molecular weight is 426 g/mol. The Hall–Kier alpha value is -3.37. The molecule has 0 fully saturated rings. The molecular weight excluding hydrogens is 405 g/mol. The number of anilines is 1. The highest BCUT2D eigenvalue weighted by Gasteiger charge is 2.38. The number of rotatable bonds is 5. The molecule has 30 heavy (non-hydrogen) atoms. The van der Waals surface area contributed by atoms with Crippen LogP contribution in [0.1, 0.15) is 42.4 Å². The lowest BCUT2D eigenvalue weighted by Crippen LogP contribution is -2.28. The van der Waals surface area contributed by atoms with Gasteiger partial charge >= 0.3 is 18.2 Å². The molecule has 0 atom stereocenters. The fraction of sp³-hybridized carbons (Fsp3) is 0.368. The predicted octanol–water partition coefficient (Wildman–Crippen LogP) is 4.27. The second kappa shape index (κ2) is 8.17. The van der Waals surface area contributed by atoms with Crippen molar-refractivity contribution in [1.82, 2.24) is 14.8 Å². The molecule has 0 saturated heterocycles. The normalized spacial score (nSPS) is 11.8. The largest absolute Gasteiger partial charge is 0.476 e. The van der Waals surface area contributed by atoms with E-state index in [1.807, 2.05) is 5.32 Å². The summed E-state index contributed by atoms with van der Waals surface area (Å²) in [6, 6.07) is 0.516. The number of allylic oxidation sites excluding steroid dienone is 1. The number of carboxylic acids is 1. The minimum Gasteiger partial charge on any atom is -0.476 e. The lowest BCUT2D eigenvalue weighted by atomic mass is 10.0. The molecule has 2 N–H and O–H groups in total. The van der Waals surface area contributed by atoms with Crippen LogP contribution in [0, 0.1) is 0 Å². The maximum absolute atomic E-state index is 13.8. The average Bonchev–Trinajstić information content (AvgIpc) is 2.92. The van der Waals surface area contributed by atoms with E-state index in [2.05, 4.69) is 16.7 Å². The summed E-state index contributed by atoms with van der Waals surface area (Å²) in [6.45, 7) is 8.21. The van der Waals surface area contributed by atoms with E-state index in [-0.39, 0.29) is 12.1 Å². The summed E-state index contributed by atoms with van der Waals surface area (Å²) < 4.78 is 47.7. The zero-order valence-corrected chi connectivity index (χ0v) is 16.8. The van der Waals surface area contributed by atoms with Gasteiger partial charge in [0, 0.05) is 18.8 Å². The number of hydrogen-bond donors (Lipinski definition) is 2. The summed E-state index contributed by atoms with van der Waals surface area (Å²) in [4.78, 5) is 27.4. The van der Waals surface area contributed by atoms with Crippen molar-refractivity contribution in [2.75, 3.05) is 5.32 Å². The van der Waals surface area contributed by atoms with Gasteiger partial charge in [-0.15, -0.1) is 6.58 Å². The van der Waals surface area contributed by atoms with Crippen molar-refractivity contribution in [2.45, 2.75) is 39.0 Å². The Morgan fingerprint density at radius 3 is 2.43 bits per heavy atom. The summed E-state index contributed by atoms with van der Waals surface area (Å²) in [5.41, 5.74) is -4.02. The number of alkyl halides is 3. The molecule has 2 aromatic rings. The van der Waals surface area contributed by atoms with Crippen LogP contribution in [0.5, 0.6) is 0 Å². The molecular formula is C19H21F3N4O4. The standard InChI is InChI=1S/C19H21F3N4O4/c1-6-7-10-9-26(5)25-13(10)14-11(19(20,21)22)8-12(15(24-14)16(27)28)23-17(29)30-18(2,3)4/h6,8-9H,1,7H2,2-5H3,(H,23,29)(H,27,28). The molecule has 11 heteroatoms.